The molecule has 2 aromatic rings. The molecule has 1 fully saturated rings. The van der Waals surface area contributed by atoms with Gasteiger partial charge >= 0.3 is 0 Å². The van der Waals surface area contributed by atoms with E-state index in [0.29, 0.717) is 11.6 Å². The van der Waals surface area contributed by atoms with Crippen molar-refractivity contribution < 1.29 is 4.74 Å². The van der Waals surface area contributed by atoms with Crippen molar-refractivity contribution in [3.05, 3.63) is 41.1 Å². The van der Waals surface area contributed by atoms with E-state index in [0.717, 1.165) is 31.9 Å². The van der Waals surface area contributed by atoms with Crippen LogP contribution in [0.5, 0.6) is 0 Å². The Morgan fingerprint density at radius 3 is 3.20 bits per heavy atom. The molecule has 1 unspecified atom stereocenters. The summed E-state index contributed by atoms with van der Waals surface area (Å²) in [7, 11) is 1.74. The van der Waals surface area contributed by atoms with Gasteiger partial charge in [0.25, 0.3) is 5.56 Å². The molecule has 1 N–H and O–H groups in total. The van der Waals surface area contributed by atoms with Crippen molar-refractivity contribution in [2.75, 3.05) is 25.6 Å². The van der Waals surface area contributed by atoms with Gasteiger partial charge in [-0.1, -0.05) is 0 Å². The first kappa shape index (κ1) is 12.9. The molecule has 1 aliphatic heterocycles. The molecule has 6 nitrogen and oxygen atoms in total. The van der Waals surface area contributed by atoms with E-state index in [1.165, 1.54) is 0 Å². The third kappa shape index (κ3) is 2.46. The van der Waals surface area contributed by atoms with Crippen LogP contribution in [0.2, 0.25) is 0 Å². The topological polar surface area (TPSA) is 61.1 Å². The third-order valence-corrected chi connectivity index (χ3v) is 3.58. The highest BCUT2D eigenvalue weighted by Gasteiger charge is 2.16. The van der Waals surface area contributed by atoms with Gasteiger partial charge in [-0.2, -0.15) is 5.10 Å². The highest BCUT2D eigenvalue weighted by molar-refractivity contribution is 5.42. The Labute approximate surface area is 117 Å². The Morgan fingerprint density at radius 2 is 2.45 bits per heavy atom. The summed E-state index contributed by atoms with van der Waals surface area (Å²) in [6.07, 6.45) is 6.45. The lowest BCUT2D eigenvalue weighted by Gasteiger charge is -2.07. The van der Waals surface area contributed by atoms with Crippen molar-refractivity contribution in [3.8, 4) is 5.69 Å². The number of pyridine rings is 1. The molecule has 0 saturated carbocycles. The van der Waals surface area contributed by atoms with Gasteiger partial charge in [-0.25, -0.2) is 0 Å². The van der Waals surface area contributed by atoms with Gasteiger partial charge in [0.15, 0.2) is 0 Å². The van der Waals surface area contributed by atoms with E-state index in [-0.39, 0.29) is 5.56 Å². The first-order chi connectivity index (χ1) is 9.78. The zero-order chi connectivity index (χ0) is 13.9. The quantitative estimate of drug-likeness (QED) is 0.907. The number of hydrogen-bond acceptors (Lipinski definition) is 4. The lowest BCUT2D eigenvalue weighted by molar-refractivity contribution is 0.181. The molecule has 2 aromatic heterocycles. The number of rotatable bonds is 4. The highest BCUT2D eigenvalue weighted by Crippen LogP contribution is 2.15. The Kier molecular flexibility index (Phi) is 3.56. The van der Waals surface area contributed by atoms with Crippen molar-refractivity contribution in [3.63, 3.8) is 0 Å². The minimum atomic E-state index is -0.0706. The number of anilines is 1. The van der Waals surface area contributed by atoms with E-state index in [9.17, 15) is 4.79 Å². The van der Waals surface area contributed by atoms with Crippen LogP contribution < -0.4 is 10.9 Å². The van der Waals surface area contributed by atoms with Gasteiger partial charge < -0.3 is 10.1 Å². The Bertz CT molecular complexity index is 641. The van der Waals surface area contributed by atoms with Crippen molar-refractivity contribution >= 4 is 5.69 Å². The summed E-state index contributed by atoms with van der Waals surface area (Å²) in [5.74, 6) is 0.517. The summed E-state index contributed by atoms with van der Waals surface area (Å²) in [5.41, 5.74) is 1.29. The van der Waals surface area contributed by atoms with Gasteiger partial charge in [-0.3, -0.25) is 14.0 Å². The average Bonchev–Trinajstić information content (AvgIpc) is 3.11. The van der Waals surface area contributed by atoms with Crippen LogP contribution in [0.25, 0.3) is 5.69 Å². The molecular formula is C14H18N4O2. The van der Waals surface area contributed by atoms with Gasteiger partial charge in [-0.15, -0.1) is 0 Å². The molecule has 6 heteroatoms. The lowest BCUT2D eigenvalue weighted by Crippen LogP contribution is -2.20. The van der Waals surface area contributed by atoms with E-state index in [1.54, 1.807) is 30.1 Å². The summed E-state index contributed by atoms with van der Waals surface area (Å²) in [5, 5.41) is 7.23. The summed E-state index contributed by atoms with van der Waals surface area (Å²) in [4.78, 5) is 12.2. The van der Waals surface area contributed by atoms with E-state index in [1.807, 2.05) is 16.9 Å². The first-order valence-corrected chi connectivity index (χ1v) is 6.78. The van der Waals surface area contributed by atoms with Crippen LogP contribution in [0, 0.1) is 5.92 Å². The highest BCUT2D eigenvalue weighted by atomic mass is 16.5. The van der Waals surface area contributed by atoms with E-state index in [2.05, 4.69) is 10.4 Å². The molecule has 3 heterocycles. The monoisotopic (exact) mass is 274 g/mol. The Hall–Kier alpha value is -2.08. The molecule has 3 rings (SSSR count). The molecule has 0 aliphatic carbocycles. The van der Waals surface area contributed by atoms with Crippen molar-refractivity contribution in [1.82, 2.24) is 14.3 Å². The van der Waals surface area contributed by atoms with Gasteiger partial charge in [0, 0.05) is 38.5 Å². The molecule has 0 amide bonds. The molecular weight excluding hydrogens is 256 g/mol. The number of aromatic nitrogens is 3. The van der Waals surface area contributed by atoms with Crippen LogP contribution in [-0.4, -0.2) is 34.6 Å². The lowest BCUT2D eigenvalue weighted by atomic mass is 10.1. The van der Waals surface area contributed by atoms with Gasteiger partial charge in [0.1, 0.15) is 5.69 Å². The first-order valence-electron chi connectivity index (χ1n) is 6.78. The van der Waals surface area contributed by atoms with Crippen molar-refractivity contribution in [1.29, 1.82) is 0 Å². The molecule has 1 atom stereocenters. The third-order valence-electron chi connectivity index (χ3n) is 3.58. The summed E-state index contributed by atoms with van der Waals surface area (Å²) in [6, 6.07) is 3.61. The largest absolute Gasteiger partial charge is 0.384 e. The smallest absolute Gasteiger partial charge is 0.278 e. The second-order valence-electron chi connectivity index (χ2n) is 5.00. The van der Waals surface area contributed by atoms with Crippen molar-refractivity contribution in [2.24, 2.45) is 5.92 Å². The Balaban J connectivity index is 1.84. The molecule has 1 aliphatic rings. The van der Waals surface area contributed by atoms with Crippen LogP contribution in [0.1, 0.15) is 6.42 Å². The van der Waals surface area contributed by atoms with Crippen molar-refractivity contribution in [2.45, 2.75) is 13.0 Å². The zero-order valence-electron chi connectivity index (χ0n) is 11.5. The molecule has 0 radical (unpaired) electrons. The maximum Gasteiger partial charge on any atom is 0.278 e. The number of hydrogen-bond donors (Lipinski definition) is 1. The fourth-order valence-corrected chi connectivity index (χ4v) is 2.46. The maximum absolute atomic E-state index is 12.2. The number of nitrogens with zero attached hydrogens (tertiary/aromatic N) is 3. The maximum atomic E-state index is 12.2. The SMILES string of the molecule is CNc1cccn(-c2cnn(CC3CCOC3)c2)c1=O. The summed E-state index contributed by atoms with van der Waals surface area (Å²) >= 11 is 0. The Morgan fingerprint density at radius 1 is 1.55 bits per heavy atom. The van der Waals surface area contributed by atoms with Crippen LogP contribution in [0.4, 0.5) is 5.69 Å². The standard InChI is InChI=1S/C14H18N4O2/c1-15-13-3-2-5-18(14(13)19)12-7-16-17(9-12)8-11-4-6-20-10-11/h2-3,5,7,9,11,15H,4,6,8,10H2,1H3. The van der Waals surface area contributed by atoms with Gasteiger partial charge in [0.05, 0.1) is 18.5 Å². The number of nitrogens with one attached hydrogen (secondary N) is 1. The summed E-state index contributed by atoms with van der Waals surface area (Å²) < 4.78 is 8.85. The van der Waals surface area contributed by atoms with E-state index in [4.69, 9.17) is 4.74 Å². The van der Waals surface area contributed by atoms with Crippen LogP contribution in [0.15, 0.2) is 35.5 Å². The fraction of sp³-hybridized carbons (Fsp3) is 0.429. The average molecular weight is 274 g/mol. The molecule has 106 valence electrons. The molecule has 0 aromatic carbocycles. The van der Waals surface area contributed by atoms with Crippen LogP contribution >= 0.6 is 0 Å². The van der Waals surface area contributed by atoms with Crippen LogP contribution in [0.3, 0.4) is 0 Å². The summed E-state index contributed by atoms with van der Waals surface area (Å²) in [6.45, 7) is 2.47. The zero-order valence-corrected chi connectivity index (χ0v) is 11.5. The fourth-order valence-electron chi connectivity index (χ4n) is 2.46. The minimum Gasteiger partial charge on any atom is -0.384 e. The van der Waals surface area contributed by atoms with Crippen LogP contribution in [-0.2, 0) is 11.3 Å². The molecule has 0 spiro atoms. The second kappa shape index (κ2) is 5.50. The van der Waals surface area contributed by atoms with Gasteiger partial charge in [0.2, 0.25) is 0 Å². The predicted octanol–water partition coefficient (Wildman–Crippen LogP) is 1.11. The normalized spacial score (nSPS) is 18.4. The second-order valence-corrected chi connectivity index (χ2v) is 5.00. The molecule has 0 bridgehead atoms. The number of ether oxygens (including phenoxy) is 1. The molecule has 1 saturated heterocycles. The minimum absolute atomic E-state index is 0.0706. The van der Waals surface area contributed by atoms with E-state index < -0.39 is 0 Å². The molecule has 20 heavy (non-hydrogen) atoms. The predicted molar refractivity (Wildman–Crippen MR) is 76.3 cm³/mol. The van der Waals surface area contributed by atoms with Gasteiger partial charge in [-0.05, 0) is 18.6 Å². The van der Waals surface area contributed by atoms with E-state index >= 15 is 0 Å².